The fraction of sp³-hybridized carbons (Fsp3) is 0. The molecule has 11 rings (SSSR count). The summed E-state index contributed by atoms with van der Waals surface area (Å²) in [4.78, 5) is 30.1. The maximum Gasteiger partial charge on any atom is 0.167 e. The Hall–Kier alpha value is -7.42. The highest BCUT2D eigenvalue weighted by Gasteiger charge is 2.21. The third kappa shape index (κ3) is 5.51. The van der Waals surface area contributed by atoms with Crippen molar-refractivity contribution < 1.29 is 4.42 Å². The molecule has 0 fully saturated rings. The molecule has 7 aromatic carbocycles. The SMILES string of the molecule is c1ccc(-c2nc(-c3ccccc3)nc(-c3ccc4c(c3)oc3c(-c5nc(-c6ccccc6)nc(-c6cccc7c6sc6ccccc67)n5)cccc34)n2)cc1. The summed E-state index contributed by atoms with van der Waals surface area (Å²) in [5.74, 6) is 3.51. The monoisotopic (exact) mass is 736 g/mol. The molecular formula is C48H28N6OS. The van der Waals surface area contributed by atoms with E-state index < -0.39 is 0 Å². The Kier molecular flexibility index (Phi) is 7.53. The molecule has 0 aliphatic carbocycles. The van der Waals surface area contributed by atoms with Gasteiger partial charge in [0.05, 0.1) is 5.56 Å². The second-order valence-electron chi connectivity index (χ2n) is 13.5. The molecule has 11 aromatic rings. The predicted molar refractivity (Wildman–Crippen MR) is 226 cm³/mol. The summed E-state index contributed by atoms with van der Waals surface area (Å²) in [6.07, 6.45) is 0. The number of thiophene rings is 1. The van der Waals surface area contributed by atoms with Gasteiger partial charge in [0.2, 0.25) is 0 Å². The van der Waals surface area contributed by atoms with Gasteiger partial charge in [0.15, 0.2) is 34.9 Å². The highest BCUT2D eigenvalue weighted by Crippen LogP contribution is 2.41. The summed E-state index contributed by atoms with van der Waals surface area (Å²) in [6, 6.07) is 57.1. The Morgan fingerprint density at radius 3 is 1.46 bits per heavy atom. The van der Waals surface area contributed by atoms with Crippen LogP contribution in [0, 0.1) is 0 Å². The van der Waals surface area contributed by atoms with Crippen LogP contribution in [0.15, 0.2) is 174 Å². The highest BCUT2D eigenvalue weighted by molar-refractivity contribution is 7.26. The van der Waals surface area contributed by atoms with Gasteiger partial charge in [-0.3, -0.25) is 0 Å². The average molecular weight is 737 g/mol. The molecule has 56 heavy (non-hydrogen) atoms. The van der Waals surface area contributed by atoms with E-state index >= 15 is 0 Å². The lowest BCUT2D eigenvalue weighted by molar-refractivity contribution is 0.669. The summed E-state index contributed by atoms with van der Waals surface area (Å²) in [6.45, 7) is 0. The molecule has 0 aliphatic heterocycles. The number of furan rings is 1. The van der Waals surface area contributed by atoms with E-state index in [4.69, 9.17) is 34.3 Å². The lowest BCUT2D eigenvalue weighted by atomic mass is 10.1. The number of nitrogens with zero attached hydrogens (tertiary/aromatic N) is 6. The van der Waals surface area contributed by atoms with Crippen molar-refractivity contribution in [3.63, 3.8) is 0 Å². The van der Waals surface area contributed by atoms with Gasteiger partial charge in [-0.05, 0) is 30.3 Å². The van der Waals surface area contributed by atoms with Gasteiger partial charge in [0.25, 0.3) is 0 Å². The Balaban J connectivity index is 1.08. The molecule has 0 saturated carbocycles. The standard InChI is InChI=1S/C48H28N6OS/c1-4-14-29(15-5-1)43-49-44(30-16-6-2-7-17-30)51-46(50-43)32-26-27-33-35-21-12-23-37(41(35)55-39(33)28-32)47-52-45(31-18-8-3-9-19-31)53-48(54-47)38-24-13-22-36-34-20-10-11-25-40(34)56-42(36)38/h1-28H. The van der Waals surface area contributed by atoms with Crippen LogP contribution in [0.2, 0.25) is 0 Å². The fourth-order valence-corrected chi connectivity index (χ4v) is 8.52. The number of hydrogen-bond acceptors (Lipinski definition) is 8. The zero-order chi connectivity index (χ0) is 37.0. The van der Waals surface area contributed by atoms with Crippen molar-refractivity contribution >= 4 is 53.4 Å². The average Bonchev–Trinajstić information content (AvgIpc) is 3.85. The molecule has 0 radical (unpaired) electrons. The summed E-state index contributed by atoms with van der Waals surface area (Å²) in [5.41, 5.74) is 6.71. The van der Waals surface area contributed by atoms with Gasteiger partial charge in [-0.25, -0.2) is 29.9 Å². The van der Waals surface area contributed by atoms with E-state index in [2.05, 4.69) is 54.6 Å². The number of rotatable bonds is 6. The maximum atomic E-state index is 6.76. The van der Waals surface area contributed by atoms with E-state index in [1.807, 2.05) is 115 Å². The Bertz CT molecular complexity index is 3200. The molecular weight excluding hydrogens is 709 g/mol. The lowest BCUT2D eigenvalue weighted by Crippen LogP contribution is -2.00. The first-order valence-electron chi connectivity index (χ1n) is 18.3. The number of hydrogen-bond donors (Lipinski definition) is 0. The number of benzene rings is 7. The van der Waals surface area contributed by atoms with Crippen LogP contribution in [0.5, 0.6) is 0 Å². The molecule has 0 unspecified atom stereocenters. The van der Waals surface area contributed by atoms with Gasteiger partial charge >= 0.3 is 0 Å². The van der Waals surface area contributed by atoms with Crippen molar-refractivity contribution in [1.29, 1.82) is 0 Å². The van der Waals surface area contributed by atoms with Gasteiger partial charge < -0.3 is 4.42 Å². The third-order valence-corrected chi connectivity index (χ3v) is 11.2. The highest BCUT2D eigenvalue weighted by atomic mass is 32.1. The van der Waals surface area contributed by atoms with Gasteiger partial charge in [-0.2, -0.15) is 0 Å². The molecule has 0 N–H and O–H groups in total. The van der Waals surface area contributed by atoms with E-state index in [1.165, 1.54) is 15.5 Å². The summed E-state index contributed by atoms with van der Waals surface area (Å²) in [5, 5.41) is 4.35. The van der Waals surface area contributed by atoms with Crippen LogP contribution in [-0.2, 0) is 0 Å². The second kappa shape index (κ2) is 13.2. The quantitative estimate of drug-likeness (QED) is 0.168. The van der Waals surface area contributed by atoms with Gasteiger partial charge in [0.1, 0.15) is 11.2 Å². The van der Waals surface area contributed by atoms with E-state index in [-0.39, 0.29) is 0 Å². The van der Waals surface area contributed by atoms with E-state index in [1.54, 1.807) is 11.3 Å². The van der Waals surface area contributed by atoms with E-state index in [9.17, 15) is 0 Å². The first kappa shape index (κ1) is 32.0. The molecule has 0 saturated heterocycles. The molecule has 0 amide bonds. The summed E-state index contributed by atoms with van der Waals surface area (Å²) < 4.78 is 9.13. The molecule has 7 nitrogen and oxygen atoms in total. The zero-order valence-electron chi connectivity index (χ0n) is 29.7. The van der Waals surface area contributed by atoms with Crippen LogP contribution in [0.25, 0.3) is 110 Å². The van der Waals surface area contributed by atoms with Crippen LogP contribution in [0.4, 0.5) is 0 Å². The Labute approximate surface area is 324 Å². The molecule has 4 aromatic heterocycles. The number of fused-ring (bicyclic) bond motifs is 6. The summed E-state index contributed by atoms with van der Waals surface area (Å²) >= 11 is 1.76. The molecule has 0 aliphatic rings. The van der Waals surface area contributed by atoms with Crippen LogP contribution in [0.3, 0.4) is 0 Å². The van der Waals surface area contributed by atoms with Crippen molar-refractivity contribution in [3.05, 3.63) is 170 Å². The van der Waals surface area contributed by atoms with Crippen LogP contribution < -0.4 is 0 Å². The van der Waals surface area contributed by atoms with Gasteiger partial charge in [-0.15, -0.1) is 11.3 Å². The molecule has 0 spiro atoms. The van der Waals surface area contributed by atoms with Gasteiger partial charge in [0, 0.05) is 58.8 Å². The predicted octanol–water partition coefficient (Wildman–Crippen LogP) is 12.3. The largest absolute Gasteiger partial charge is 0.455 e. The molecule has 4 heterocycles. The minimum absolute atomic E-state index is 0.536. The minimum atomic E-state index is 0.536. The van der Waals surface area contributed by atoms with Crippen molar-refractivity contribution in [2.24, 2.45) is 0 Å². The normalized spacial score (nSPS) is 11.6. The van der Waals surface area contributed by atoms with Crippen molar-refractivity contribution in [2.75, 3.05) is 0 Å². The lowest BCUT2D eigenvalue weighted by Gasteiger charge is -2.09. The molecule has 262 valence electrons. The van der Waals surface area contributed by atoms with Crippen molar-refractivity contribution in [1.82, 2.24) is 29.9 Å². The molecule has 0 bridgehead atoms. The van der Waals surface area contributed by atoms with Gasteiger partial charge in [-0.1, -0.05) is 140 Å². The second-order valence-corrected chi connectivity index (χ2v) is 14.5. The van der Waals surface area contributed by atoms with Crippen molar-refractivity contribution in [3.8, 4) is 68.3 Å². The summed E-state index contributed by atoms with van der Waals surface area (Å²) in [7, 11) is 0. The van der Waals surface area contributed by atoms with E-state index in [0.717, 1.165) is 48.9 Å². The van der Waals surface area contributed by atoms with Crippen LogP contribution in [-0.4, -0.2) is 29.9 Å². The van der Waals surface area contributed by atoms with Crippen LogP contribution >= 0.6 is 11.3 Å². The first-order chi connectivity index (χ1) is 27.7. The van der Waals surface area contributed by atoms with Crippen molar-refractivity contribution in [2.45, 2.75) is 0 Å². The smallest absolute Gasteiger partial charge is 0.167 e. The number of para-hydroxylation sites is 1. The maximum absolute atomic E-state index is 6.76. The first-order valence-corrected chi connectivity index (χ1v) is 19.1. The Morgan fingerprint density at radius 2 is 0.821 bits per heavy atom. The zero-order valence-corrected chi connectivity index (χ0v) is 30.5. The van der Waals surface area contributed by atoms with E-state index in [0.29, 0.717) is 46.1 Å². The number of aromatic nitrogens is 6. The fourth-order valence-electron chi connectivity index (χ4n) is 7.31. The third-order valence-electron chi connectivity index (χ3n) is 10.0. The minimum Gasteiger partial charge on any atom is -0.455 e. The molecule has 8 heteroatoms. The topological polar surface area (TPSA) is 90.5 Å². The Morgan fingerprint density at radius 1 is 0.339 bits per heavy atom. The van der Waals surface area contributed by atoms with Crippen LogP contribution in [0.1, 0.15) is 0 Å². The molecule has 0 atom stereocenters.